The van der Waals surface area contributed by atoms with Gasteiger partial charge in [-0.25, -0.2) is 0 Å². The fourth-order valence-electron chi connectivity index (χ4n) is 0. The van der Waals surface area contributed by atoms with E-state index in [-0.39, 0.29) is 31.0 Å². The van der Waals surface area contributed by atoms with Crippen molar-refractivity contribution in [3.05, 3.63) is 12.2 Å². The van der Waals surface area contributed by atoms with Crippen LogP contribution in [-0.4, -0.2) is 0 Å². The molecule has 0 fully saturated rings. The molecule has 0 aromatic heterocycles. The molecule has 0 spiro atoms. The molecule has 0 saturated carbocycles. The molecule has 0 radical (unpaired) electrons. The van der Waals surface area contributed by atoms with Gasteiger partial charge in [0, 0.05) is 0 Å². The van der Waals surface area contributed by atoms with Gasteiger partial charge in [0.05, 0.1) is 0 Å². The fourth-order valence-corrected chi connectivity index (χ4v) is 0. The van der Waals surface area contributed by atoms with Crippen LogP contribution in [0, 0.1) is 0 Å². The Morgan fingerprint density at radius 2 is 1.00 bits per heavy atom. The number of rotatable bonds is 0. The third kappa shape index (κ3) is 6.46. The van der Waals surface area contributed by atoms with Crippen molar-refractivity contribution in [1.29, 1.82) is 0 Å². The summed E-state index contributed by atoms with van der Waals surface area (Å²) in [6, 6.07) is 0. The zero-order valence-corrected chi connectivity index (χ0v) is 5.51. The summed E-state index contributed by atoms with van der Waals surface area (Å²) < 4.78 is 41.1. The van der Waals surface area contributed by atoms with Gasteiger partial charge in [-0.1, -0.05) is 0 Å². The normalized spacial score (nSPS) is 6.86. The molecule has 0 atom stereocenters. The summed E-state index contributed by atoms with van der Waals surface area (Å²) in [5.41, 5.74) is 0. The van der Waals surface area contributed by atoms with Gasteiger partial charge in [0.1, 0.15) is 0 Å². The van der Waals surface area contributed by atoms with Gasteiger partial charge in [0.25, 0.3) is 0 Å². The molecule has 0 bridgehead atoms. The Hall–Kier alpha value is 0.460. The second kappa shape index (κ2) is 4.61. The molecule has 5 heteroatoms. The van der Waals surface area contributed by atoms with E-state index < -0.39 is 12.2 Å². The molecule has 0 aliphatic rings. The predicted molar refractivity (Wildman–Crippen MR) is 12.6 cm³/mol. The first-order valence-electron chi connectivity index (χ1n) is 1.01. The van der Waals surface area contributed by atoms with Gasteiger partial charge >= 0.3 is 41.7 Å². The largest absolute Gasteiger partial charge is 1.00 e. The Balaban J connectivity index is -0.000000125. The van der Waals surface area contributed by atoms with Crippen LogP contribution in [0.2, 0.25) is 0 Å². The Bertz CT molecular complexity index is 64.1. The maximum Gasteiger partial charge on any atom is 1.00 e. The number of halogens is 4. The van der Waals surface area contributed by atoms with Crippen LogP contribution in [0.3, 0.4) is 0 Å². The fraction of sp³-hybridized carbons (Fsp3) is 0. The molecule has 0 saturated heterocycles. The molecular formula is C2HF4Na. The summed E-state index contributed by atoms with van der Waals surface area (Å²) in [4.78, 5) is 0. The van der Waals surface area contributed by atoms with E-state index in [4.69, 9.17) is 0 Å². The third-order valence-electron chi connectivity index (χ3n) is 0.143. The van der Waals surface area contributed by atoms with Gasteiger partial charge in [-0.3, -0.25) is 0 Å². The van der Waals surface area contributed by atoms with Gasteiger partial charge in [0.15, 0.2) is 0 Å². The zero-order chi connectivity index (χ0) is 5.15. The van der Waals surface area contributed by atoms with E-state index in [1.54, 1.807) is 0 Å². The standard InChI is InChI=1S/C2F4.Na.H/c3-1(4)2(5)6;;/q;+1;-1. The van der Waals surface area contributed by atoms with Crippen LogP contribution in [-0.2, 0) is 0 Å². The first kappa shape index (κ1) is 10.4. The molecule has 0 aromatic carbocycles. The molecule has 0 aliphatic heterocycles. The van der Waals surface area contributed by atoms with E-state index in [9.17, 15) is 17.6 Å². The van der Waals surface area contributed by atoms with E-state index in [1.807, 2.05) is 0 Å². The number of hydrogen-bond acceptors (Lipinski definition) is 0. The van der Waals surface area contributed by atoms with Crippen molar-refractivity contribution < 1.29 is 48.5 Å². The summed E-state index contributed by atoms with van der Waals surface area (Å²) >= 11 is 0. The van der Waals surface area contributed by atoms with Crippen molar-refractivity contribution in [2.24, 2.45) is 0 Å². The van der Waals surface area contributed by atoms with Crippen molar-refractivity contribution in [3.8, 4) is 0 Å². The topological polar surface area (TPSA) is 0 Å². The van der Waals surface area contributed by atoms with E-state index in [2.05, 4.69) is 0 Å². The SMILES string of the molecule is FC(F)=C(F)F.[H-].[Na+]. The van der Waals surface area contributed by atoms with Gasteiger partial charge in [-0.05, 0) is 0 Å². The summed E-state index contributed by atoms with van der Waals surface area (Å²) in [5, 5.41) is 0. The Morgan fingerprint density at radius 1 is 0.857 bits per heavy atom. The molecule has 0 unspecified atom stereocenters. The monoisotopic (exact) mass is 124 g/mol. The van der Waals surface area contributed by atoms with E-state index in [1.165, 1.54) is 0 Å². The minimum absolute atomic E-state index is 0. The van der Waals surface area contributed by atoms with E-state index in [0.717, 1.165) is 0 Å². The van der Waals surface area contributed by atoms with Crippen LogP contribution in [0.5, 0.6) is 0 Å². The first-order chi connectivity index (χ1) is 2.64. The van der Waals surface area contributed by atoms with Crippen LogP contribution in [0.25, 0.3) is 0 Å². The van der Waals surface area contributed by atoms with Crippen LogP contribution in [0.4, 0.5) is 17.6 Å². The molecule has 7 heavy (non-hydrogen) atoms. The van der Waals surface area contributed by atoms with Gasteiger partial charge < -0.3 is 1.43 Å². The predicted octanol–water partition coefficient (Wildman–Crippen LogP) is -0.893. The van der Waals surface area contributed by atoms with Crippen molar-refractivity contribution in [1.82, 2.24) is 0 Å². The van der Waals surface area contributed by atoms with Crippen molar-refractivity contribution in [2.75, 3.05) is 0 Å². The summed E-state index contributed by atoms with van der Waals surface area (Å²) in [6.45, 7) is 0. The average Bonchev–Trinajstić information content (AvgIpc) is 1.36. The quantitative estimate of drug-likeness (QED) is 0.290. The van der Waals surface area contributed by atoms with Crippen molar-refractivity contribution in [2.45, 2.75) is 0 Å². The second-order valence-electron chi connectivity index (χ2n) is 0.521. The smallest absolute Gasteiger partial charge is 1.00 e. The van der Waals surface area contributed by atoms with Crippen LogP contribution in [0.1, 0.15) is 1.43 Å². The molecule has 0 amide bonds. The first-order valence-corrected chi connectivity index (χ1v) is 1.01. The average molecular weight is 124 g/mol. The Kier molecular flexibility index (Phi) is 6.88. The van der Waals surface area contributed by atoms with E-state index >= 15 is 0 Å². The molecule has 0 nitrogen and oxygen atoms in total. The third-order valence-corrected chi connectivity index (χ3v) is 0.143. The summed E-state index contributed by atoms with van der Waals surface area (Å²) in [6.07, 6.45) is -5.81. The summed E-state index contributed by atoms with van der Waals surface area (Å²) in [7, 11) is 0. The van der Waals surface area contributed by atoms with Crippen LogP contribution >= 0.6 is 0 Å². The Labute approximate surface area is 61.0 Å². The molecule has 0 N–H and O–H groups in total. The molecule has 0 aliphatic carbocycles. The maximum absolute atomic E-state index is 10.3. The molecular weight excluding hydrogens is 123 g/mol. The minimum atomic E-state index is -2.91. The van der Waals surface area contributed by atoms with Gasteiger partial charge in [-0.2, -0.15) is 17.6 Å². The van der Waals surface area contributed by atoms with Crippen LogP contribution in [0.15, 0.2) is 12.2 Å². The Morgan fingerprint density at radius 3 is 1.00 bits per heavy atom. The van der Waals surface area contributed by atoms with Crippen molar-refractivity contribution in [3.63, 3.8) is 0 Å². The zero-order valence-electron chi connectivity index (χ0n) is 4.51. The molecule has 38 valence electrons. The van der Waals surface area contributed by atoms with E-state index in [0.29, 0.717) is 0 Å². The summed E-state index contributed by atoms with van der Waals surface area (Å²) in [5.74, 6) is 0. The molecule has 0 heterocycles. The molecule has 0 aromatic rings. The second-order valence-corrected chi connectivity index (χ2v) is 0.521. The minimum Gasteiger partial charge on any atom is -1.00 e. The van der Waals surface area contributed by atoms with Gasteiger partial charge in [-0.15, -0.1) is 0 Å². The van der Waals surface area contributed by atoms with Crippen LogP contribution < -0.4 is 29.6 Å². The number of hydrogen-bond donors (Lipinski definition) is 0. The van der Waals surface area contributed by atoms with Gasteiger partial charge in [0.2, 0.25) is 0 Å². The van der Waals surface area contributed by atoms with Crippen molar-refractivity contribution >= 4 is 0 Å². The maximum atomic E-state index is 10.3. The molecule has 0 rings (SSSR count).